The molecule has 1 fully saturated rings. The largest absolute Gasteiger partial charge is 0.335 e. The number of nitrogens with one attached hydrogen (secondary N) is 1. The Hall–Kier alpha value is -3.35. The van der Waals surface area contributed by atoms with Gasteiger partial charge in [-0.05, 0) is 37.1 Å². The lowest BCUT2D eigenvalue weighted by molar-refractivity contribution is 0.0625. The van der Waals surface area contributed by atoms with Gasteiger partial charge in [-0.1, -0.05) is 18.2 Å². The molecule has 1 saturated heterocycles. The fourth-order valence-corrected chi connectivity index (χ4v) is 3.43. The molecule has 0 saturated carbocycles. The van der Waals surface area contributed by atoms with Crippen molar-refractivity contribution in [2.75, 3.05) is 13.1 Å². The number of para-hydroxylation sites is 1. The number of piperidine rings is 1. The van der Waals surface area contributed by atoms with Gasteiger partial charge in [0.2, 0.25) is 0 Å². The van der Waals surface area contributed by atoms with E-state index >= 15 is 0 Å². The second-order valence-electron chi connectivity index (χ2n) is 6.60. The van der Waals surface area contributed by atoms with Crippen LogP contribution in [0.15, 0.2) is 53.5 Å². The normalized spacial score (nSPS) is 17.0. The van der Waals surface area contributed by atoms with Crippen molar-refractivity contribution in [2.24, 2.45) is 5.92 Å². The third-order valence-electron chi connectivity index (χ3n) is 4.81. The number of aromatic amines is 1. The molecule has 1 atom stereocenters. The topological polar surface area (TPSA) is 96.0 Å². The highest BCUT2D eigenvalue weighted by Crippen LogP contribution is 2.21. The molecule has 1 aliphatic rings. The van der Waals surface area contributed by atoms with Crippen LogP contribution in [0.2, 0.25) is 0 Å². The summed E-state index contributed by atoms with van der Waals surface area (Å²) in [6.07, 6.45) is 3.01. The van der Waals surface area contributed by atoms with Crippen LogP contribution in [0.4, 0.5) is 0 Å². The van der Waals surface area contributed by atoms with Crippen LogP contribution in [-0.2, 0) is 0 Å². The third-order valence-corrected chi connectivity index (χ3v) is 4.81. The van der Waals surface area contributed by atoms with Gasteiger partial charge in [0, 0.05) is 25.2 Å². The zero-order valence-electron chi connectivity index (χ0n) is 14.6. The summed E-state index contributed by atoms with van der Waals surface area (Å²) >= 11 is 0. The van der Waals surface area contributed by atoms with E-state index in [9.17, 15) is 14.4 Å². The monoisotopic (exact) mass is 362 g/mol. The van der Waals surface area contributed by atoms with Gasteiger partial charge in [0.15, 0.2) is 11.6 Å². The standard InChI is InChI=1S/C20H18N4O3/c25-17(16-9-3-4-10-21-16)13-6-5-11-24(12-13)20(27)18-22-15-8-2-1-7-14(15)19(26)23-18/h1-4,7-10,13H,5-6,11-12H2,(H,22,23,26). The van der Waals surface area contributed by atoms with Gasteiger partial charge >= 0.3 is 0 Å². The van der Waals surface area contributed by atoms with Gasteiger partial charge in [0.1, 0.15) is 5.69 Å². The van der Waals surface area contributed by atoms with Crippen molar-refractivity contribution < 1.29 is 9.59 Å². The first-order valence-corrected chi connectivity index (χ1v) is 8.87. The number of hydrogen-bond acceptors (Lipinski definition) is 5. The summed E-state index contributed by atoms with van der Waals surface area (Å²) in [5, 5.41) is 0.441. The molecule has 1 aliphatic heterocycles. The molecule has 1 amide bonds. The number of hydrogen-bond donors (Lipinski definition) is 1. The van der Waals surface area contributed by atoms with E-state index in [1.54, 1.807) is 53.6 Å². The van der Waals surface area contributed by atoms with Crippen LogP contribution in [0.5, 0.6) is 0 Å². The molecule has 1 unspecified atom stereocenters. The lowest BCUT2D eigenvalue weighted by Gasteiger charge is -2.31. The number of Topliss-reactive ketones (excluding diaryl/α,β-unsaturated/α-hetero) is 1. The SMILES string of the molecule is O=C(c1ccccn1)C1CCCN(C(=O)c2nc3ccccc3c(=O)[nH]2)C1. The molecular formula is C20H18N4O3. The number of carbonyl (C=O) groups is 2. The van der Waals surface area contributed by atoms with Crippen molar-refractivity contribution >= 4 is 22.6 Å². The molecule has 27 heavy (non-hydrogen) atoms. The minimum Gasteiger partial charge on any atom is -0.335 e. The highest BCUT2D eigenvalue weighted by molar-refractivity contribution is 5.97. The van der Waals surface area contributed by atoms with E-state index in [-0.39, 0.29) is 29.0 Å². The molecular weight excluding hydrogens is 344 g/mol. The van der Waals surface area contributed by atoms with Crippen LogP contribution in [-0.4, -0.2) is 44.6 Å². The third kappa shape index (κ3) is 3.36. The lowest BCUT2D eigenvalue weighted by atomic mass is 9.92. The smallest absolute Gasteiger partial charge is 0.289 e. The number of likely N-dealkylation sites (tertiary alicyclic amines) is 1. The number of H-pyrrole nitrogens is 1. The number of ketones is 1. The molecule has 7 nitrogen and oxygen atoms in total. The molecule has 1 aromatic carbocycles. The fourth-order valence-electron chi connectivity index (χ4n) is 3.43. The molecule has 1 N–H and O–H groups in total. The Kier molecular flexibility index (Phi) is 4.50. The van der Waals surface area contributed by atoms with E-state index in [1.165, 1.54) is 0 Å². The van der Waals surface area contributed by atoms with E-state index in [2.05, 4.69) is 15.0 Å². The Morgan fingerprint density at radius 3 is 2.74 bits per heavy atom. The van der Waals surface area contributed by atoms with Gasteiger partial charge in [-0.2, -0.15) is 0 Å². The summed E-state index contributed by atoms with van der Waals surface area (Å²) in [5.74, 6) is -0.723. The first-order valence-electron chi connectivity index (χ1n) is 8.87. The van der Waals surface area contributed by atoms with Gasteiger partial charge in [0.05, 0.1) is 10.9 Å². The van der Waals surface area contributed by atoms with Crippen molar-refractivity contribution in [2.45, 2.75) is 12.8 Å². The molecule has 136 valence electrons. The summed E-state index contributed by atoms with van der Waals surface area (Å²) in [6.45, 7) is 0.826. The lowest BCUT2D eigenvalue weighted by Crippen LogP contribution is -2.43. The van der Waals surface area contributed by atoms with E-state index in [0.717, 1.165) is 0 Å². The molecule has 4 rings (SSSR count). The summed E-state index contributed by atoms with van der Waals surface area (Å²) in [5.41, 5.74) is 0.541. The Morgan fingerprint density at radius 2 is 1.93 bits per heavy atom. The summed E-state index contributed by atoms with van der Waals surface area (Å²) in [4.78, 5) is 50.3. The highest BCUT2D eigenvalue weighted by Gasteiger charge is 2.31. The van der Waals surface area contributed by atoms with Crippen LogP contribution in [0, 0.1) is 5.92 Å². The average Bonchev–Trinajstić information content (AvgIpc) is 2.73. The molecule has 0 radical (unpaired) electrons. The highest BCUT2D eigenvalue weighted by atomic mass is 16.2. The Morgan fingerprint density at radius 1 is 1.11 bits per heavy atom. The molecule has 7 heteroatoms. The van der Waals surface area contributed by atoms with Gasteiger partial charge in [0.25, 0.3) is 11.5 Å². The minimum atomic E-state index is -0.364. The maximum Gasteiger partial charge on any atom is 0.289 e. The van der Waals surface area contributed by atoms with Gasteiger partial charge < -0.3 is 9.88 Å². The number of pyridine rings is 1. The predicted octanol–water partition coefficient (Wildman–Crippen LogP) is 2.05. The second kappa shape index (κ2) is 7.11. The van der Waals surface area contributed by atoms with E-state index in [4.69, 9.17) is 0 Å². The molecule has 0 bridgehead atoms. The van der Waals surface area contributed by atoms with E-state index in [0.29, 0.717) is 42.5 Å². The Balaban J connectivity index is 1.57. The second-order valence-corrected chi connectivity index (χ2v) is 6.60. The minimum absolute atomic E-state index is 0.00429. The Bertz CT molecular complexity index is 1060. The number of aromatic nitrogens is 3. The number of carbonyl (C=O) groups excluding carboxylic acids is 2. The van der Waals surface area contributed by atoms with Crippen LogP contribution in [0.3, 0.4) is 0 Å². The van der Waals surface area contributed by atoms with Crippen molar-refractivity contribution in [3.63, 3.8) is 0 Å². The number of amides is 1. The number of rotatable bonds is 3. The van der Waals surface area contributed by atoms with Gasteiger partial charge in [-0.25, -0.2) is 4.98 Å². The number of fused-ring (bicyclic) bond motifs is 1. The van der Waals surface area contributed by atoms with Crippen LogP contribution in [0.1, 0.15) is 33.9 Å². The number of nitrogens with zero attached hydrogens (tertiary/aromatic N) is 3. The van der Waals surface area contributed by atoms with Crippen molar-refractivity contribution in [3.8, 4) is 0 Å². The zero-order valence-corrected chi connectivity index (χ0v) is 14.6. The average molecular weight is 362 g/mol. The van der Waals surface area contributed by atoms with Crippen LogP contribution < -0.4 is 5.56 Å². The fraction of sp³-hybridized carbons (Fsp3) is 0.250. The summed E-state index contributed by atoms with van der Waals surface area (Å²) < 4.78 is 0. The predicted molar refractivity (Wildman–Crippen MR) is 99.6 cm³/mol. The summed E-state index contributed by atoms with van der Waals surface area (Å²) in [7, 11) is 0. The molecule has 2 aromatic heterocycles. The first kappa shape index (κ1) is 17.1. The molecule has 3 heterocycles. The Labute approximate surface area is 155 Å². The molecule has 3 aromatic rings. The van der Waals surface area contributed by atoms with Crippen molar-refractivity contribution in [1.82, 2.24) is 19.9 Å². The quantitative estimate of drug-likeness (QED) is 0.720. The maximum atomic E-state index is 12.9. The zero-order chi connectivity index (χ0) is 18.8. The first-order chi connectivity index (χ1) is 13.1. The van der Waals surface area contributed by atoms with Crippen molar-refractivity contribution in [1.29, 1.82) is 0 Å². The van der Waals surface area contributed by atoms with Crippen molar-refractivity contribution in [3.05, 3.63) is 70.5 Å². The molecule has 0 aliphatic carbocycles. The van der Waals surface area contributed by atoms with Gasteiger partial charge in [-0.15, -0.1) is 0 Å². The van der Waals surface area contributed by atoms with E-state index in [1.807, 2.05) is 0 Å². The van der Waals surface area contributed by atoms with E-state index < -0.39 is 0 Å². The van der Waals surface area contributed by atoms with Gasteiger partial charge in [-0.3, -0.25) is 19.4 Å². The number of benzene rings is 1. The maximum absolute atomic E-state index is 12.9. The summed E-state index contributed by atoms with van der Waals surface area (Å²) in [6, 6.07) is 12.1. The van der Waals surface area contributed by atoms with Crippen LogP contribution >= 0.6 is 0 Å². The molecule has 0 spiro atoms. The van der Waals surface area contributed by atoms with Crippen LogP contribution in [0.25, 0.3) is 10.9 Å².